The SMILES string of the molecule is O=C(O)CC(=O)OC[C@H]1O[C@H](OC2=Cc3c(O)cc(O)cc3OC2c2ccc(O[C@H]3O[C@H](CO)[C@H](O)[C@@H](O)[C@H]3O)c(O)c2)[C@H](O)[C@@H](O[C@H]2O[C@H](CO)[C@H](O)[C@@H](O)[C@H]2O)[C@H]1O. The molecule has 14 N–H and O–H groups in total. The summed E-state index contributed by atoms with van der Waals surface area (Å²) in [6.07, 6.45) is -28.6. The first-order valence-electron chi connectivity index (χ1n) is 18.2. The first kappa shape index (κ1) is 44.9. The average Bonchev–Trinajstić information content (AvgIpc) is 3.20. The monoisotopic (exact) mass is 860 g/mol. The second kappa shape index (κ2) is 18.5. The summed E-state index contributed by atoms with van der Waals surface area (Å²) in [6.45, 7) is -2.50. The number of ether oxygens (including phenoxy) is 8. The number of aromatic hydroxyl groups is 3. The second-order valence-corrected chi connectivity index (χ2v) is 14.2. The van der Waals surface area contributed by atoms with Crippen LogP contribution in [0.2, 0.25) is 0 Å². The van der Waals surface area contributed by atoms with Crippen molar-refractivity contribution in [2.24, 2.45) is 0 Å². The normalized spacial score (nSPS) is 36.6. The molecule has 0 aliphatic carbocycles. The number of phenolic OH excluding ortho intramolecular Hbond substituents is 3. The molecule has 332 valence electrons. The first-order valence-corrected chi connectivity index (χ1v) is 18.2. The molecule has 3 saturated heterocycles. The highest BCUT2D eigenvalue weighted by Crippen LogP contribution is 2.46. The summed E-state index contributed by atoms with van der Waals surface area (Å²) in [5.41, 5.74) is -0.0450. The number of hydrogen-bond acceptors (Lipinski definition) is 23. The van der Waals surface area contributed by atoms with Gasteiger partial charge >= 0.3 is 11.9 Å². The van der Waals surface area contributed by atoms with Crippen LogP contribution >= 0.6 is 0 Å². The zero-order valence-corrected chi connectivity index (χ0v) is 30.9. The fourth-order valence-electron chi connectivity index (χ4n) is 6.77. The maximum atomic E-state index is 12.1. The van der Waals surface area contributed by atoms with Crippen molar-refractivity contribution in [2.75, 3.05) is 19.8 Å². The van der Waals surface area contributed by atoms with E-state index in [4.69, 9.17) is 43.0 Å². The lowest BCUT2D eigenvalue weighted by Gasteiger charge is -2.46. The number of fused-ring (bicyclic) bond motifs is 1. The lowest BCUT2D eigenvalue weighted by Crippen LogP contribution is -2.65. The van der Waals surface area contributed by atoms with Crippen LogP contribution in [0.25, 0.3) is 6.08 Å². The minimum Gasteiger partial charge on any atom is -0.508 e. The van der Waals surface area contributed by atoms with E-state index in [2.05, 4.69) is 0 Å². The Morgan fingerprint density at radius 1 is 0.650 bits per heavy atom. The largest absolute Gasteiger partial charge is 0.508 e. The zero-order valence-electron chi connectivity index (χ0n) is 30.9. The van der Waals surface area contributed by atoms with Crippen molar-refractivity contribution >= 4 is 18.0 Å². The molecule has 2 aromatic rings. The first-order chi connectivity index (χ1) is 28.4. The summed E-state index contributed by atoms with van der Waals surface area (Å²) in [5, 5.41) is 145. The van der Waals surface area contributed by atoms with Gasteiger partial charge in [-0.3, -0.25) is 9.59 Å². The Morgan fingerprint density at radius 2 is 1.25 bits per heavy atom. The number of carboxylic acid groups (broad SMARTS) is 1. The number of carboxylic acids is 1. The van der Waals surface area contributed by atoms with Crippen LogP contribution in [-0.4, -0.2) is 195 Å². The molecule has 0 saturated carbocycles. The van der Waals surface area contributed by atoms with E-state index in [0.717, 1.165) is 24.3 Å². The van der Waals surface area contributed by atoms with Gasteiger partial charge < -0.3 is 109 Å². The third kappa shape index (κ3) is 9.31. The Balaban J connectivity index is 1.31. The molecular formula is C36H44O24. The van der Waals surface area contributed by atoms with Gasteiger partial charge in [0.15, 0.2) is 23.9 Å². The highest BCUT2D eigenvalue weighted by atomic mass is 16.7. The molecule has 60 heavy (non-hydrogen) atoms. The summed E-state index contributed by atoms with van der Waals surface area (Å²) in [5.74, 6) is -5.17. The van der Waals surface area contributed by atoms with E-state index in [1.165, 1.54) is 12.1 Å². The Bertz CT molecular complexity index is 1870. The van der Waals surface area contributed by atoms with Crippen LogP contribution in [0.5, 0.6) is 28.7 Å². The molecule has 4 heterocycles. The lowest BCUT2D eigenvalue weighted by atomic mass is 9.96. The van der Waals surface area contributed by atoms with Gasteiger partial charge in [-0.2, -0.15) is 0 Å². The molecule has 6 rings (SSSR count). The Morgan fingerprint density at radius 3 is 1.87 bits per heavy atom. The number of carbonyl (C=O) groups excluding carboxylic acids is 1. The molecule has 2 aromatic carbocycles. The molecule has 0 spiro atoms. The number of benzene rings is 2. The van der Waals surface area contributed by atoms with Gasteiger partial charge in [-0.15, -0.1) is 0 Å². The van der Waals surface area contributed by atoms with E-state index in [0.29, 0.717) is 0 Å². The molecule has 1 unspecified atom stereocenters. The molecule has 0 aromatic heterocycles. The fraction of sp³-hybridized carbons (Fsp3) is 0.556. The molecule has 0 amide bonds. The van der Waals surface area contributed by atoms with Crippen LogP contribution in [-0.2, 0) is 38.0 Å². The van der Waals surface area contributed by atoms with Crippen LogP contribution in [0.15, 0.2) is 36.1 Å². The van der Waals surface area contributed by atoms with Gasteiger partial charge in [0, 0.05) is 17.7 Å². The number of hydrogen-bond donors (Lipinski definition) is 14. The molecule has 24 nitrogen and oxygen atoms in total. The van der Waals surface area contributed by atoms with E-state index < -0.39 is 154 Å². The molecule has 16 atom stereocenters. The van der Waals surface area contributed by atoms with Gasteiger partial charge in [0.25, 0.3) is 0 Å². The van der Waals surface area contributed by atoms with Gasteiger partial charge in [-0.05, 0) is 18.2 Å². The van der Waals surface area contributed by atoms with Crippen LogP contribution in [0.3, 0.4) is 0 Å². The third-order valence-corrected chi connectivity index (χ3v) is 10.0. The molecular weight excluding hydrogens is 816 g/mol. The van der Waals surface area contributed by atoms with E-state index in [-0.39, 0.29) is 28.4 Å². The highest BCUT2D eigenvalue weighted by Gasteiger charge is 2.52. The number of carbonyl (C=O) groups is 2. The van der Waals surface area contributed by atoms with Gasteiger partial charge in [-0.1, -0.05) is 6.07 Å². The fourth-order valence-corrected chi connectivity index (χ4v) is 6.77. The molecule has 3 fully saturated rings. The topological polar surface area (TPSA) is 391 Å². The van der Waals surface area contributed by atoms with Crippen molar-refractivity contribution in [3.63, 3.8) is 0 Å². The maximum Gasteiger partial charge on any atom is 0.317 e. The summed E-state index contributed by atoms with van der Waals surface area (Å²) in [6, 6.07) is 5.62. The molecule has 24 heteroatoms. The van der Waals surface area contributed by atoms with E-state index in [9.17, 15) is 76.0 Å². The molecule has 0 radical (unpaired) electrons. The zero-order chi connectivity index (χ0) is 43.7. The number of rotatable bonds is 13. The number of aliphatic hydroxyl groups is 10. The van der Waals surface area contributed by atoms with Gasteiger partial charge in [0.2, 0.25) is 12.6 Å². The quantitative estimate of drug-likeness (QED) is 0.0663. The Kier molecular flexibility index (Phi) is 13.9. The van der Waals surface area contributed by atoms with Crippen LogP contribution < -0.4 is 9.47 Å². The summed E-state index contributed by atoms with van der Waals surface area (Å²) in [4.78, 5) is 23.2. The smallest absolute Gasteiger partial charge is 0.317 e. The Hall–Kier alpha value is -4.64. The van der Waals surface area contributed by atoms with Crippen molar-refractivity contribution in [3.8, 4) is 28.7 Å². The number of esters is 1. The van der Waals surface area contributed by atoms with Crippen LogP contribution in [0, 0.1) is 0 Å². The minimum atomic E-state index is -2.10. The standard InChI is InChI=1S/C36H44O24/c37-8-19-24(45)27(48)29(50)34(57-19)55-16-2-1-11(3-15(16)41)32-18(6-13-14(40)4-12(39)5-17(13)54-32)56-36-31(52)33(26(47)21(59-36)10-53-23(44)7-22(42)43)60-35-30(51)28(49)25(46)20(9-38)58-35/h1-6,19-21,24-41,45-52H,7-10H2,(H,42,43)/t19-,20-,21-,24+,25+,26+,27-,28-,29-,30-,31-,32?,33+,34+,35-,36+/m1/s1. The number of aliphatic carboxylic acids is 1. The lowest BCUT2D eigenvalue weighted by molar-refractivity contribution is -0.357. The summed E-state index contributed by atoms with van der Waals surface area (Å²) >= 11 is 0. The van der Waals surface area contributed by atoms with Crippen molar-refractivity contribution in [3.05, 3.63) is 47.2 Å². The predicted molar refractivity (Wildman–Crippen MR) is 187 cm³/mol. The van der Waals surface area contributed by atoms with Crippen molar-refractivity contribution < 1.29 is 119 Å². The van der Waals surface area contributed by atoms with Gasteiger partial charge in [0.05, 0.1) is 18.8 Å². The maximum absolute atomic E-state index is 12.1. The number of phenols is 3. The summed E-state index contributed by atoms with van der Waals surface area (Å²) in [7, 11) is 0. The van der Waals surface area contributed by atoms with Gasteiger partial charge in [0.1, 0.15) is 109 Å². The van der Waals surface area contributed by atoms with E-state index in [1.807, 2.05) is 0 Å². The molecule has 4 aliphatic heterocycles. The second-order valence-electron chi connectivity index (χ2n) is 14.2. The third-order valence-electron chi connectivity index (χ3n) is 10.0. The average molecular weight is 861 g/mol. The number of aliphatic hydroxyl groups excluding tert-OH is 10. The van der Waals surface area contributed by atoms with E-state index >= 15 is 0 Å². The molecule has 4 aliphatic rings. The summed E-state index contributed by atoms with van der Waals surface area (Å²) < 4.78 is 44.8. The van der Waals surface area contributed by atoms with Crippen molar-refractivity contribution in [2.45, 2.75) is 105 Å². The molecule has 0 bridgehead atoms. The van der Waals surface area contributed by atoms with Crippen molar-refractivity contribution in [1.29, 1.82) is 0 Å². The van der Waals surface area contributed by atoms with Crippen LogP contribution in [0.4, 0.5) is 0 Å². The Labute approximate surface area is 337 Å². The predicted octanol–water partition coefficient (Wildman–Crippen LogP) is -4.88. The van der Waals surface area contributed by atoms with E-state index in [1.54, 1.807) is 0 Å². The highest BCUT2D eigenvalue weighted by molar-refractivity contribution is 5.90. The van der Waals surface area contributed by atoms with Crippen molar-refractivity contribution in [1.82, 2.24) is 0 Å². The van der Waals surface area contributed by atoms with Gasteiger partial charge in [-0.25, -0.2) is 0 Å². The van der Waals surface area contributed by atoms with Crippen LogP contribution in [0.1, 0.15) is 23.7 Å². The minimum absolute atomic E-state index is 0.0342.